The van der Waals surface area contributed by atoms with Gasteiger partial charge in [-0.3, -0.25) is 0 Å². The number of thiol groups is 1. The second kappa shape index (κ2) is 4.57. The first-order valence-corrected chi connectivity index (χ1v) is 5.80. The molecule has 1 aromatic carbocycles. The summed E-state index contributed by atoms with van der Waals surface area (Å²) in [7, 11) is 0. The Labute approximate surface area is 94.9 Å². The molecular weight excluding hydrogens is 206 g/mol. The van der Waals surface area contributed by atoms with Crippen LogP contribution in [0.5, 0.6) is 0 Å². The minimum atomic E-state index is 0.812. The van der Waals surface area contributed by atoms with Crippen molar-refractivity contribution < 1.29 is 0 Å². The maximum Gasteiger partial charge on any atom is 0.203 e. The quantitative estimate of drug-likeness (QED) is 0.776. The summed E-state index contributed by atoms with van der Waals surface area (Å²) >= 11 is 4.18. The first-order chi connectivity index (χ1) is 7.36. The largest absolute Gasteiger partial charge is 0.355 e. The lowest BCUT2D eigenvalue weighted by atomic mass is 10.3. The SMILES string of the molecule is CCn1c(NCCS)nc2ccccc21. The molecule has 0 atom stereocenters. The van der Waals surface area contributed by atoms with Gasteiger partial charge in [-0.1, -0.05) is 12.1 Å². The second-order valence-corrected chi connectivity index (χ2v) is 3.77. The minimum absolute atomic E-state index is 0.812. The average Bonchev–Trinajstić information content (AvgIpc) is 2.63. The molecule has 0 aliphatic rings. The van der Waals surface area contributed by atoms with Crippen molar-refractivity contribution in [3.05, 3.63) is 24.3 Å². The Morgan fingerprint density at radius 3 is 2.93 bits per heavy atom. The normalized spacial score (nSPS) is 10.8. The van der Waals surface area contributed by atoms with Crippen LogP contribution < -0.4 is 5.32 Å². The Kier molecular flexibility index (Phi) is 3.16. The first kappa shape index (κ1) is 10.4. The van der Waals surface area contributed by atoms with E-state index in [0.29, 0.717) is 0 Å². The number of nitrogens with zero attached hydrogens (tertiary/aromatic N) is 2. The van der Waals surface area contributed by atoms with Gasteiger partial charge in [0.05, 0.1) is 11.0 Å². The van der Waals surface area contributed by atoms with Crippen molar-refractivity contribution in [1.29, 1.82) is 0 Å². The molecule has 0 saturated heterocycles. The predicted octanol–water partition coefficient (Wildman–Crippen LogP) is 2.40. The van der Waals surface area contributed by atoms with Crippen molar-refractivity contribution >= 4 is 29.6 Å². The highest BCUT2D eigenvalue weighted by molar-refractivity contribution is 7.80. The van der Waals surface area contributed by atoms with Crippen molar-refractivity contribution in [3.63, 3.8) is 0 Å². The molecule has 80 valence electrons. The maximum atomic E-state index is 4.54. The van der Waals surface area contributed by atoms with Gasteiger partial charge in [0.2, 0.25) is 5.95 Å². The van der Waals surface area contributed by atoms with Crippen LogP contribution in [-0.2, 0) is 6.54 Å². The van der Waals surface area contributed by atoms with E-state index >= 15 is 0 Å². The fourth-order valence-corrected chi connectivity index (χ4v) is 1.81. The van der Waals surface area contributed by atoms with Gasteiger partial charge in [-0.05, 0) is 19.1 Å². The van der Waals surface area contributed by atoms with Crippen molar-refractivity contribution in [2.24, 2.45) is 0 Å². The topological polar surface area (TPSA) is 29.9 Å². The Morgan fingerprint density at radius 1 is 1.40 bits per heavy atom. The third-order valence-corrected chi connectivity index (χ3v) is 2.59. The number of nitrogens with one attached hydrogen (secondary N) is 1. The summed E-state index contributed by atoms with van der Waals surface area (Å²) in [6, 6.07) is 8.18. The van der Waals surface area contributed by atoms with E-state index in [0.717, 1.165) is 30.3 Å². The van der Waals surface area contributed by atoms with Crippen molar-refractivity contribution in [3.8, 4) is 0 Å². The molecular formula is C11H15N3S. The fraction of sp³-hybridized carbons (Fsp3) is 0.364. The number of fused-ring (bicyclic) bond motifs is 1. The molecule has 0 fully saturated rings. The van der Waals surface area contributed by atoms with Crippen LogP contribution in [0, 0.1) is 0 Å². The van der Waals surface area contributed by atoms with Gasteiger partial charge < -0.3 is 9.88 Å². The number of aromatic nitrogens is 2. The molecule has 1 aromatic heterocycles. The number of anilines is 1. The number of hydrogen-bond acceptors (Lipinski definition) is 3. The van der Waals surface area contributed by atoms with Crippen molar-refractivity contribution in [2.75, 3.05) is 17.6 Å². The number of aryl methyl sites for hydroxylation is 1. The van der Waals surface area contributed by atoms with Gasteiger partial charge in [0.1, 0.15) is 0 Å². The van der Waals surface area contributed by atoms with Crippen LogP contribution >= 0.6 is 12.6 Å². The highest BCUT2D eigenvalue weighted by Gasteiger charge is 2.07. The molecule has 15 heavy (non-hydrogen) atoms. The van der Waals surface area contributed by atoms with E-state index in [1.54, 1.807) is 0 Å². The van der Waals surface area contributed by atoms with Gasteiger partial charge in [-0.2, -0.15) is 12.6 Å². The average molecular weight is 221 g/mol. The van der Waals surface area contributed by atoms with E-state index in [2.05, 4.69) is 40.5 Å². The van der Waals surface area contributed by atoms with Crippen LogP contribution in [0.15, 0.2) is 24.3 Å². The highest BCUT2D eigenvalue weighted by atomic mass is 32.1. The van der Waals surface area contributed by atoms with E-state index in [9.17, 15) is 0 Å². The molecule has 4 heteroatoms. The Hall–Kier alpha value is -1.16. The lowest BCUT2D eigenvalue weighted by molar-refractivity contribution is 0.790. The van der Waals surface area contributed by atoms with Gasteiger partial charge >= 0.3 is 0 Å². The second-order valence-electron chi connectivity index (χ2n) is 3.32. The van der Waals surface area contributed by atoms with E-state index in [-0.39, 0.29) is 0 Å². The minimum Gasteiger partial charge on any atom is -0.355 e. The zero-order valence-corrected chi connectivity index (χ0v) is 9.67. The zero-order chi connectivity index (χ0) is 10.7. The smallest absolute Gasteiger partial charge is 0.203 e. The van der Waals surface area contributed by atoms with Crippen LogP contribution in [0.1, 0.15) is 6.92 Å². The van der Waals surface area contributed by atoms with Crippen molar-refractivity contribution in [2.45, 2.75) is 13.5 Å². The number of imidazole rings is 1. The molecule has 0 aliphatic heterocycles. The Bertz CT molecular complexity index is 450. The number of para-hydroxylation sites is 2. The predicted molar refractivity (Wildman–Crippen MR) is 67.7 cm³/mol. The zero-order valence-electron chi connectivity index (χ0n) is 8.77. The van der Waals surface area contributed by atoms with Gasteiger partial charge in [0.15, 0.2) is 0 Å². The summed E-state index contributed by atoms with van der Waals surface area (Å²) in [6.07, 6.45) is 0. The van der Waals surface area contributed by atoms with Crippen LogP contribution in [-0.4, -0.2) is 21.8 Å². The summed E-state index contributed by atoms with van der Waals surface area (Å²) in [4.78, 5) is 4.54. The molecule has 3 nitrogen and oxygen atoms in total. The molecule has 0 aliphatic carbocycles. The third-order valence-electron chi connectivity index (χ3n) is 2.37. The summed E-state index contributed by atoms with van der Waals surface area (Å²) in [5, 5.41) is 3.28. The first-order valence-electron chi connectivity index (χ1n) is 5.16. The lowest BCUT2D eigenvalue weighted by Gasteiger charge is -2.06. The van der Waals surface area contributed by atoms with Gasteiger partial charge in [0.25, 0.3) is 0 Å². The van der Waals surface area contributed by atoms with Gasteiger partial charge in [-0.25, -0.2) is 4.98 Å². The number of hydrogen-bond donors (Lipinski definition) is 2. The lowest BCUT2D eigenvalue weighted by Crippen LogP contribution is -2.08. The summed E-state index contributed by atoms with van der Waals surface area (Å²) in [6.45, 7) is 3.89. The third kappa shape index (κ3) is 1.95. The summed E-state index contributed by atoms with van der Waals surface area (Å²) in [5.74, 6) is 1.75. The highest BCUT2D eigenvalue weighted by Crippen LogP contribution is 2.18. The van der Waals surface area contributed by atoms with Crippen molar-refractivity contribution in [1.82, 2.24) is 9.55 Å². The van der Waals surface area contributed by atoms with Gasteiger partial charge in [0, 0.05) is 18.8 Å². The van der Waals surface area contributed by atoms with Crippen LogP contribution in [0.3, 0.4) is 0 Å². The van der Waals surface area contributed by atoms with E-state index in [4.69, 9.17) is 0 Å². The molecule has 0 saturated carbocycles. The summed E-state index contributed by atoms with van der Waals surface area (Å²) in [5.41, 5.74) is 2.22. The standard InChI is InChI=1S/C11H15N3S/c1-2-14-10-6-4-3-5-9(10)13-11(14)12-7-8-15/h3-6,15H,2,7-8H2,1H3,(H,12,13). The molecule has 2 rings (SSSR count). The van der Waals surface area contributed by atoms with E-state index in [1.807, 2.05) is 18.2 Å². The summed E-state index contributed by atoms with van der Waals surface area (Å²) < 4.78 is 2.18. The maximum absolute atomic E-state index is 4.54. The van der Waals surface area contributed by atoms with Gasteiger partial charge in [-0.15, -0.1) is 0 Å². The van der Waals surface area contributed by atoms with Crippen LogP contribution in [0.4, 0.5) is 5.95 Å². The fourth-order valence-electron chi connectivity index (χ4n) is 1.70. The number of rotatable bonds is 4. The Morgan fingerprint density at radius 2 is 2.20 bits per heavy atom. The van der Waals surface area contributed by atoms with Crippen LogP contribution in [0.2, 0.25) is 0 Å². The van der Waals surface area contributed by atoms with E-state index in [1.165, 1.54) is 5.52 Å². The molecule has 0 amide bonds. The molecule has 0 spiro atoms. The monoisotopic (exact) mass is 221 g/mol. The molecule has 1 heterocycles. The molecule has 0 unspecified atom stereocenters. The number of benzene rings is 1. The molecule has 1 N–H and O–H groups in total. The Balaban J connectivity index is 2.44. The molecule has 0 radical (unpaired) electrons. The molecule has 0 bridgehead atoms. The van der Waals surface area contributed by atoms with E-state index < -0.39 is 0 Å². The van der Waals surface area contributed by atoms with Crippen LogP contribution in [0.25, 0.3) is 11.0 Å². The molecule has 2 aromatic rings.